The van der Waals surface area contributed by atoms with Crippen LogP contribution in [0.15, 0.2) is 47.4 Å². The highest BCUT2D eigenvalue weighted by molar-refractivity contribution is 7.99. The molecule has 2 fully saturated rings. The normalized spacial score (nSPS) is 19.4. The number of halogens is 5. The summed E-state index contributed by atoms with van der Waals surface area (Å²) < 4.78 is 76.8. The number of aromatic nitrogens is 2. The third-order valence-corrected chi connectivity index (χ3v) is 10.2. The van der Waals surface area contributed by atoms with Gasteiger partial charge in [0.1, 0.15) is 5.75 Å². The van der Waals surface area contributed by atoms with E-state index in [0.29, 0.717) is 37.4 Å². The Morgan fingerprint density at radius 2 is 1.83 bits per heavy atom. The molecular formula is C34H43F5N6O2S. The molecule has 8 nitrogen and oxygen atoms in total. The summed E-state index contributed by atoms with van der Waals surface area (Å²) in [7, 11) is 0. The van der Waals surface area contributed by atoms with Gasteiger partial charge in [0.2, 0.25) is 0 Å². The average molecular weight is 695 g/mol. The van der Waals surface area contributed by atoms with Crippen molar-refractivity contribution >= 4 is 17.4 Å². The molecule has 0 radical (unpaired) electrons. The van der Waals surface area contributed by atoms with Gasteiger partial charge >= 0.3 is 6.18 Å². The van der Waals surface area contributed by atoms with Crippen molar-refractivity contribution in [2.75, 3.05) is 76.2 Å². The largest absolute Gasteiger partial charge is 0.492 e. The van der Waals surface area contributed by atoms with Crippen molar-refractivity contribution in [3.05, 3.63) is 59.3 Å². The molecular weight excluding hydrogens is 651 g/mol. The van der Waals surface area contributed by atoms with Crippen molar-refractivity contribution in [3.8, 4) is 17.0 Å². The number of anilines is 1. The molecule has 3 aliphatic rings. The standard InChI is InChI=1S/C34H43F5N6O2S/c1-2-47-30-6-4-3-5-29(30)44-15-13-42(14-16-44)21-25(46)22-45-28-9-11-40-20-26(28)32(41-45)24-7-8-27(34(37,38)39)31(19-24)48-18-17-43-12-10-33(35,36)23-43/h3-8,19,25,40,46H,2,9-18,20-23H2,1H3. The van der Waals surface area contributed by atoms with E-state index in [1.165, 1.54) is 12.1 Å². The summed E-state index contributed by atoms with van der Waals surface area (Å²) in [6, 6.07) is 12.1. The third kappa shape index (κ3) is 8.27. The molecule has 0 spiro atoms. The lowest BCUT2D eigenvalue weighted by molar-refractivity contribution is -0.139. The number of fused-ring (bicyclic) bond motifs is 1. The van der Waals surface area contributed by atoms with Gasteiger partial charge in [-0.1, -0.05) is 18.2 Å². The summed E-state index contributed by atoms with van der Waals surface area (Å²) in [5, 5.41) is 19.4. The maximum Gasteiger partial charge on any atom is 0.417 e. The number of benzene rings is 2. The van der Waals surface area contributed by atoms with Crippen LogP contribution in [0.5, 0.6) is 5.75 Å². The van der Waals surface area contributed by atoms with Gasteiger partial charge in [-0.25, -0.2) is 8.78 Å². The summed E-state index contributed by atoms with van der Waals surface area (Å²) in [6.45, 7) is 7.94. The maximum absolute atomic E-state index is 14.0. The highest BCUT2D eigenvalue weighted by atomic mass is 32.2. The van der Waals surface area contributed by atoms with Gasteiger partial charge in [-0.15, -0.1) is 11.8 Å². The van der Waals surface area contributed by atoms with E-state index >= 15 is 0 Å². The van der Waals surface area contributed by atoms with Crippen LogP contribution in [0.4, 0.5) is 27.6 Å². The molecule has 3 aliphatic heterocycles. The van der Waals surface area contributed by atoms with Crippen LogP contribution in [0.3, 0.4) is 0 Å². The Kier molecular flexibility index (Phi) is 10.9. The van der Waals surface area contributed by atoms with E-state index in [2.05, 4.69) is 21.2 Å². The van der Waals surface area contributed by atoms with Gasteiger partial charge < -0.3 is 20.1 Å². The van der Waals surface area contributed by atoms with Gasteiger partial charge in [-0.05, 0) is 31.2 Å². The summed E-state index contributed by atoms with van der Waals surface area (Å²) in [5.41, 5.74) is 3.39. The number of hydrogen-bond acceptors (Lipinski definition) is 8. The van der Waals surface area contributed by atoms with E-state index < -0.39 is 23.8 Å². The first-order valence-corrected chi connectivity index (χ1v) is 17.6. The summed E-state index contributed by atoms with van der Waals surface area (Å²) >= 11 is 1.03. The first-order chi connectivity index (χ1) is 23.0. The molecule has 6 rings (SSSR count). The van der Waals surface area contributed by atoms with Crippen LogP contribution in [-0.2, 0) is 25.7 Å². The number of β-amino-alcohol motifs (C(OH)–C–C–N with tert-alkyl or cyclic N) is 1. The van der Waals surface area contributed by atoms with E-state index in [1.54, 1.807) is 4.90 Å². The predicted octanol–water partition coefficient (Wildman–Crippen LogP) is 5.23. The monoisotopic (exact) mass is 694 g/mol. The van der Waals surface area contributed by atoms with Crippen LogP contribution in [0.25, 0.3) is 11.3 Å². The van der Waals surface area contributed by atoms with Crippen molar-refractivity contribution in [2.24, 2.45) is 0 Å². The fraction of sp³-hybridized carbons (Fsp3) is 0.559. The van der Waals surface area contributed by atoms with Crippen molar-refractivity contribution in [1.29, 1.82) is 0 Å². The fourth-order valence-corrected chi connectivity index (χ4v) is 7.95. The second-order valence-corrected chi connectivity index (χ2v) is 13.8. The third-order valence-electron chi connectivity index (χ3n) is 9.21. The molecule has 0 amide bonds. The van der Waals surface area contributed by atoms with E-state index in [0.717, 1.165) is 73.2 Å². The van der Waals surface area contributed by atoms with Gasteiger partial charge in [-0.2, -0.15) is 18.3 Å². The Balaban J connectivity index is 1.13. The molecule has 14 heteroatoms. The number of nitrogens with one attached hydrogen (secondary N) is 1. The zero-order chi connectivity index (χ0) is 33.9. The first kappa shape index (κ1) is 34.9. The molecule has 2 aromatic carbocycles. The molecule has 0 aliphatic carbocycles. The highest BCUT2D eigenvalue weighted by Gasteiger charge is 2.38. The smallest absolute Gasteiger partial charge is 0.417 e. The zero-order valence-corrected chi connectivity index (χ0v) is 27.9. The lowest BCUT2D eigenvalue weighted by atomic mass is 10.0. The molecule has 1 unspecified atom stereocenters. The first-order valence-electron chi connectivity index (χ1n) is 16.6. The molecule has 262 valence electrons. The van der Waals surface area contributed by atoms with Gasteiger partial charge in [0.15, 0.2) is 0 Å². The number of nitrogens with zero attached hydrogens (tertiary/aromatic N) is 5. The van der Waals surface area contributed by atoms with Crippen molar-refractivity contribution in [2.45, 2.75) is 56.0 Å². The fourth-order valence-electron chi connectivity index (χ4n) is 6.83. The zero-order valence-electron chi connectivity index (χ0n) is 27.1. The van der Waals surface area contributed by atoms with Crippen LogP contribution in [0.2, 0.25) is 0 Å². The quantitative estimate of drug-likeness (QED) is 0.198. The number of hydrogen-bond donors (Lipinski definition) is 2. The molecule has 1 atom stereocenters. The number of aliphatic hydroxyl groups excluding tert-OH is 1. The average Bonchev–Trinajstić information content (AvgIpc) is 3.60. The number of thioether (sulfide) groups is 1. The molecule has 48 heavy (non-hydrogen) atoms. The maximum atomic E-state index is 14.0. The van der Waals surface area contributed by atoms with E-state index in [1.807, 2.05) is 29.8 Å². The number of piperazine rings is 1. The number of para-hydroxylation sites is 2. The molecule has 2 N–H and O–H groups in total. The highest BCUT2D eigenvalue weighted by Crippen LogP contribution is 2.40. The topological polar surface area (TPSA) is 69.0 Å². The molecule has 3 aromatic rings. The van der Waals surface area contributed by atoms with E-state index in [9.17, 15) is 27.1 Å². The van der Waals surface area contributed by atoms with Crippen molar-refractivity contribution in [3.63, 3.8) is 0 Å². The van der Waals surface area contributed by atoms with Gasteiger partial charge in [0.05, 0.1) is 42.7 Å². The minimum Gasteiger partial charge on any atom is -0.492 e. The summed E-state index contributed by atoms with van der Waals surface area (Å²) in [6.07, 6.45) is -4.77. The number of rotatable bonds is 12. The molecule has 0 saturated carbocycles. The lowest BCUT2D eigenvalue weighted by Gasteiger charge is -2.37. The minimum atomic E-state index is -4.55. The Morgan fingerprint density at radius 1 is 1.04 bits per heavy atom. The predicted molar refractivity (Wildman–Crippen MR) is 177 cm³/mol. The second-order valence-electron chi connectivity index (χ2n) is 12.7. The lowest BCUT2D eigenvalue weighted by Crippen LogP contribution is -2.49. The van der Waals surface area contributed by atoms with Crippen LogP contribution in [-0.4, -0.2) is 108 Å². The molecule has 0 bridgehead atoms. The summed E-state index contributed by atoms with van der Waals surface area (Å²) in [4.78, 5) is 6.20. The van der Waals surface area contributed by atoms with Gasteiger partial charge in [0.25, 0.3) is 5.92 Å². The Hall–Kier alpha value is -2.91. The van der Waals surface area contributed by atoms with E-state index in [4.69, 9.17) is 9.84 Å². The van der Waals surface area contributed by atoms with Gasteiger partial charge in [-0.3, -0.25) is 14.5 Å². The van der Waals surface area contributed by atoms with Crippen LogP contribution in [0.1, 0.15) is 30.2 Å². The van der Waals surface area contributed by atoms with Gasteiger partial charge in [0, 0.05) is 99.2 Å². The molecule has 1 aromatic heterocycles. The van der Waals surface area contributed by atoms with Crippen molar-refractivity contribution in [1.82, 2.24) is 24.9 Å². The van der Waals surface area contributed by atoms with Crippen LogP contribution in [0, 0.1) is 0 Å². The second kappa shape index (κ2) is 14.9. The van der Waals surface area contributed by atoms with E-state index in [-0.39, 0.29) is 43.2 Å². The Morgan fingerprint density at radius 3 is 2.56 bits per heavy atom. The number of ether oxygens (including phenoxy) is 1. The van der Waals surface area contributed by atoms with Crippen LogP contribution >= 0.6 is 11.8 Å². The Labute approximate surface area is 282 Å². The van der Waals surface area contributed by atoms with Crippen LogP contribution < -0.4 is 15.0 Å². The number of alkyl halides is 5. The molecule has 2 saturated heterocycles. The Bertz CT molecular complexity index is 1540. The molecule has 4 heterocycles. The number of aliphatic hydroxyl groups is 1. The summed E-state index contributed by atoms with van der Waals surface area (Å²) in [5.74, 6) is -1.61. The SMILES string of the molecule is CCOc1ccccc1N1CCN(CC(O)Cn2nc(-c3ccc(C(F)(F)F)c(SCCN4CCC(F)(F)C4)c3)c3c2CCNC3)CC1. The number of likely N-dealkylation sites (tertiary alicyclic amines) is 1. The minimum absolute atomic E-state index is 0.0566. The van der Waals surface area contributed by atoms with Crippen molar-refractivity contribution < 1.29 is 31.8 Å².